The fourth-order valence-corrected chi connectivity index (χ4v) is 3.88. The molecule has 8 nitrogen and oxygen atoms in total. The van der Waals surface area contributed by atoms with E-state index in [0.29, 0.717) is 0 Å². The molecule has 4 rings (SSSR count). The van der Waals surface area contributed by atoms with Crippen molar-refractivity contribution in [2.45, 2.75) is 74.7 Å². The molecule has 8 heteroatoms. The van der Waals surface area contributed by atoms with Crippen LogP contribution < -0.4 is 11.1 Å². The number of aliphatic hydroxyl groups is 2. The number of rotatable bonds is 4. The van der Waals surface area contributed by atoms with E-state index < -0.39 is 42.8 Å². The smallest absolute Gasteiger partial charge is 0.181 e. The van der Waals surface area contributed by atoms with Crippen molar-refractivity contribution >= 4 is 5.71 Å². The zero-order chi connectivity index (χ0) is 16.7. The van der Waals surface area contributed by atoms with Crippen molar-refractivity contribution in [3.8, 4) is 0 Å². The third-order valence-corrected chi connectivity index (χ3v) is 5.24. The molecule has 0 amide bonds. The molecule has 1 aliphatic carbocycles. The van der Waals surface area contributed by atoms with Gasteiger partial charge in [-0.15, -0.1) is 0 Å². The number of aliphatic hydroxyl groups excluding tert-OH is 2. The van der Waals surface area contributed by atoms with Crippen LogP contribution in [0.25, 0.3) is 0 Å². The molecule has 0 spiro atoms. The maximum atomic E-state index is 10.6. The molecule has 0 aromatic carbocycles. The molecule has 3 aliphatic heterocycles. The lowest BCUT2D eigenvalue weighted by Gasteiger charge is -2.48. The first kappa shape index (κ1) is 17.2. The molecule has 9 atom stereocenters. The van der Waals surface area contributed by atoms with Gasteiger partial charge in [0.15, 0.2) is 6.29 Å². The average Bonchev–Trinajstić information content (AvgIpc) is 2.55. The zero-order valence-electron chi connectivity index (χ0n) is 13.8. The molecule has 0 aromatic heterocycles. The summed E-state index contributed by atoms with van der Waals surface area (Å²) >= 11 is 0. The quantitative estimate of drug-likeness (QED) is 0.490. The van der Waals surface area contributed by atoms with E-state index in [1.54, 1.807) is 7.05 Å². The van der Waals surface area contributed by atoms with Gasteiger partial charge in [-0.25, -0.2) is 0 Å². The van der Waals surface area contributed by atoms with Gasteiger partial charge in [0.05, 0.1) is 30.4 Å². The Balaban J connectivity index is 1.74. The molecule has 2 bridgehead atoms. The van der Waals surface area contributed by atoms with E-state index in [0.717, 1.165) is 18.6 Å². The molecular formula is C15H27N3O5. The van der Waals surface area contributed by atoms with Crippen LogP contribution in [0, 0.1) is 0 Å². The van der Waals surface area contributed by atoms with Crippen molar-refractivity contribution in [2.24, 2.45) is 10.7 Å². The molecule has 132 valence electrons. The second kappa shape index (κ2) is 6.72. The number of hydrogen-bond donors (Lipinski definition) is 4. The number of fused-ring (bicyclic) bond motifs is 2. The fraction of sp³-hybridized carbons (Fsp3) is 0.933. The molecule has 2 fully saturated rings. The minimum absolute atomic E-state index is 0.0290. The highest BCUT2D eigenvalue weighted by molar-refractivity contribution is 5.87. The molecule has 23 heavy (non-hydrogen) atoms. The van der Waals surface area contributed by atoms with Crippen molar-refractivity contribution in [3.05, 3.63) is 0 Å². The lowest BCUT2D eigenvalue weighted by atomic mass is 9.81. The maximum Gasteiger partial charge on any atom is 0.181 e. The van der Waals surface area contributed by atoms with Crippen LogP contribution in [0.2, 0.25) is 0 Å². The van der Waals surface area contributed by atoms with Crippen molar-refractivity contribution in [1.82, 2.24) is 5.32 Å². The van der Waals surface area contributed by atoms with Gasteiger partial charge in [0.25, 0.3) is 0 Å². The lowest BCUT2D eigenvalue weighted by molar-refractivity contribution is -0.256. The number of nitrogens with one attached hydrogen (secondary N) is 1. The molecule has 0 aromatic rings. The number of aliphatic imine (C=N–C) groups is 1. The number of hydrogen-bond acceptors (Lipinski definition) is 8. The van der Waals surface area contributed by atoms with Crippen molar-refractivity contribution in [1.29, 1.82) is 0 Å². The predicted octanol–water partition coefficient (Wildman–Crippen LogP) is -1.61. The summed E-state index contributed by atoms with van der Waals surface area (Å²) in [6.45, 7) is 1.96. The van der Waals surface area contributed by atoms with Gasteiger partial charge >= 0.3 is 0 Å². The number of ether oxygens (including phenoxy) is 3. The van der Waals surface area contributed by atoms with E-state index in [9.17, 15) is 10.2 Å². The maximum absolute atomic E-state index is 10.6. The Morgan fingerprint density at radius 1 is 1.26 bits per heavy atom. The molecule has 0 unspecified atom stereocenters. The molecular weight excluding hydrogens is 302 g/mol. The minimum Gasteiger partial charge on any atom is -0.389 e. The van der Waals surface area contributed by atoms with E-state index in [1.807, 2.05) is 6.92 Å². The van der Waals surface area contributed by atoms with Crippen LogP contribution in [0.1, 0.15) is 19.8 Å². The highest BCUT2D eigenvalue weighted by Crippen LogP contribution is 2.33. The van der Waals surface area contributed by atoms with Crippen molar-refractivity contribution < 1.29 is 24.4 Å². The van der Waals surface area contributed by atoms with E-state index in [4.69, 9.17) is 19.9 Å². The zero-order valence-corrected chi connectivity index (χ0v) is 13.8. The van der Waals surface area contributed by atoms with Crippen LogP contribution in [0.3, 0.4) is 0 Å². The summed E-state index contributed by atoms with van der Waals surface area (Å²) in [6, 6.07) is -1.33. The fourth-order valence-electron chi connectivity index (χ4n) is 3.88. The van der Waals surface area contributed by atoms with Gasteiger partial charge < -0.3 is 35.5 Å². The Labute approximate surface area is 136 Å². The summed E-state index contributed by atoms with van der Waals surface area (Å²) in [4.78, 5) is 4.58. The van der Waals surface area contributed by atoms with Gasteiger partial charge in [0, 0.05) is 12.8 Å². The van der Waals surface area contributed by atoms with Crippen LogP contribution in [-0.2, 0) is 14.2 Å². The minimum atomic E-state index is -0.947. The molecule has 1 saturated carbocycles. The van der Waals surface area contributed by atoms with Gasteiger partial charge in [-0.2, -0.15) is 0 Å². The van der Waals surface area contributed by atoms with Crippen molar-refractivity contribution in [3.63, 3.8) is 0 Å². The lowest BCUT2D eigenvalue weighted by Crippen LogP contribution is -2.71. The first-order valence-corrected chi connectivity index (χ1v) is 8.15. The van der Waals surface area contributed by atoms with Gasteiger partial charge in [-0.3, -0.25) is 4.99 Å². The first-order chi connectivity index (χ1) is 11.0. The Kier molecular flexibility index (Phi) is 5.03. The number of nitrogens with zero attached hydrogens (tertiary/aromatic N) is 1. The largest absolute Gasteiger partial charge is 0.389 e. The Bertz CT molecular complexity index is 462. The molecule has 1 saturated heterocycles. The number of methoxy groups -OCH3 is 1. The molecule has 5 N–H and O–H groups in total. The van der Waals surface area contributed by atoms with Crippen LogP contribution in [0.4, 0.5) is 0 Å². The van der Waals surface area contributed by atoms with Crippen LogP contribution in [0.5, 0.6) is 0 Å². The van der Waals surface area contributed by atoms with E-state index in [2.05, 4.69) is 10.3 Å². The average molecular weight is 329 g/mol. The van der Waals surface area contributed by atoms with Gasteiger partial charge in [0.2, 0.25) is 0 Å². The topological polar surface area (TPSA) is 119 Å². The normalized spacial score (nSPS) is 50.0. The van der Waals surface area contributed by atoms with Gasteiger partial charge in [-0.1, -0.05) is 0 Å². The summed E-state index contributed by atoms with van der Waals surface area (Å²) in [5.74, 6) is 0. The first-order valence-electron chi connectivity index (χ1n) is 8.15. The van der Waals surface area contributed by atoms with Crippen LogP contribution in [0.15, 0.2) is 4.99 Å². The monoisotopic (exact) mass is 329 g/mol. The van der Waals surface area contributed by atoms with E-state index in [1.165, 1.54) is 7.11 Å². The summed E-state index contributed by atoms with van der Waals surface area (Å²) in [5, 5.41) is 24.0. The highest BCUT2D eigenvalue weighted by atomic mass is 16.7. The Morgan fingerprint density at radius 3 is 2.52 bits per heavy atom. The number of nitrogens with two attached hydrogens (primary N) is 1. The molecule has 0 radical (unpaired) electrons. The van der Waals surface area contributed by atoms with Crippen molar-refractivity contribution in [2.75, 3.05) is 14.2 Å². The number of likely N-dealkylation sites (N-methyl/N-ethyl adjacent to an activating group) is 1. The second-order valence-electron chi connectivity index (χ2n) is 6.58. The Morgan fingerprint density at radius 2 is 2.00 bits per heavy atom. The van der Waals surface area contributed by atoms with E-state index >= 15 is 0 Å². The predicted molar refractivity (Wildman–Crippen MR) is 83.3 cm³/mol. The standard InChI is InChI=1S/C15H27N3O5/c1-6-8-5-4-7(18-6)15(22-8)23-13-9(16)11(19)14(21-3)10(17-2)12(13)20/h7-15,17,19-20H,4-5,16H2,1-3H3/t7-,8-,9+,10+,11+,12-,13-,14-,15+/m1/s1. The highest BCUT2D eigenvalue weighted by Gasteiger charge is 2.51. The van der Waals surface area contributed by atoms with E-state index in [-0.39, 0.29) is 12.1 Å². The second-order valence-corrected chi connectivity index (χ2v) is 6.58. The summed E-state index contributed by atoms with van der Waals surface area (Å²) < 4.78 is 17.2. The third-order valence-electron chi connectivity index (χ3n) is 5.24. The molecule has 4 aliphatic rings. The van der Waals surface area contributed by atoms with Crippen LogP contribution in [-0.4, -0.2) is 85.0 Å². The summed E-state index contributed by atoms with van der Waals surface area (Å²) in [6.07, 6.45) is -1.96. The summed E-state index contributed by atoms with van der Waals surface area (Å²) in [7, 11) is 3.19. The SMILES string of the molecule is CN[C@H]1[C@@H](O)[C@H](O[C@@H]2O[C@@H]3CC[C@H]2N=C3C)[C@@H](N)[C@H](O)[C@@H]1OC. The third kappa shape index (κ3) is 2.93. The Hall–Kier alpha value is -0.610. The van der Waals surface area contributed by atoms with Gasteiger partial charge in [0.1, 0.15) is 18.2 Å². The van der Waals surface area contributed by atoms with Crippen LogP contribution >= 0.6 is 0 Å². The molecule has 3 heterocycles. The summed E-state index contributed by atoms with van der Waals surface area (Å²) in [5.41, 5.74) is 7.09. The van der Waals surface area contributed by atoms with Gasteiger partial charge in [-0.05, 0) is 26.8 Å².